The van der Waals surface area contributed by atoms with Crippen LogP contribution in [0.25, 0.3) is 21.9 Å². The van der Waals surface area contributed by atoms with Crippen LogP contribution < -0.4 is 4.74 Å². The zero-order chi connectivity index (χ0) is 21.8. The first-order chi connectivity index (χ1) is 15.0. The number of ether oxygens (including phenoxy) is 1. The van der Waals surface area contributed by atoms with Crippen LogP contribution in [0.5, 0.6) is 5.75 Å². The lowest BCUT2D eigenvalue weighted by molar-refractivity contribution is -0.0498. The maximum absolute atomic E-state index is 15.2. The van der Waals surface area contributed by atoms with Crippen LogP contribution in [0.4, 0.5) is 13.2 Å². The summed E-state index contributed by atoms with van der Waals surface area (Å²) in [5.41, 5.74) is 4.82. The zero-order valence-corrected chi connectivity index (χ0v) is 17.2. The molecule has 0 amide bonds. The lowest BCUT2D eigenvalue weighted by Crippen LogP contribution is -2.01. The van der Waals surface area contributed by atoms with Gasteiger partial charge in [0, 0.05) is 10.9 Å². The van der Waals surface area contributed by atoms with Crippen molar-refractivity contribution < 1.29 is 17.9 Å². The summed E-state index contributed by atoms with van der Waals surface area (Å²) < 4.78 is 44.2. The molecule has 0 saturated carbocycles. The first-order valence-corrected chi connectivity index (χ1v) is 10.4. The van der Waals surface area contributed by atoms with Crippen LogP contribution in [0, 0.1) is 5.82 Å². The molecule has 0 aromatic heterocycles. The molecule has 0 N–H and O–H groups in total. The van der Waals surface area contributed by atoms with Gasteiger partial charge < -0.3 is 4.74 Å². The molecule has 0 spiro atoms. The van der Waals surface area contributed by atoms with E-state index in [0.29, 0.717) is 16.5 Å². The average Bonchev–Trinajstić information content (AvgIpc) is 2.78. The van der Waals surface area contributed by atoms with Crippen molar-refractivity contribution in [1.82, 2.24) is 0 Å². The van der Waals surface area contributed by atoms with Crippen LogP contribution in [-0.4, -0.2) is 6.61 Å². The number of benzene rings is 4. The van der Waals surface area contributed by atoms with Crippen LogP contribution in [0.15, 0.2) is 78.9 Å². The van der Waals surface area contributed by atoms with Crippen molar-refractivity contribution >= 4 is 10.8 Å². The van der Waals surface area contributed by atoms with Gasteiger partial charge >= 0.3 is 6.61 Å². The Morgan fingerprint density at radius 2 is 1.39 bits per heavy atom. The van der Waals surface area contributed by atoms with Crippen LogP contribution >= 0.6 is 0 Å². The quantitative estimate of drug-likeness (QED) is 0.299. The van der Waals surface area contributed by atoms with E-state index in [1.54, 1.807) is 18.2 Å². The van der Waals surface area contributed by atoms with E-state index in [0.717, 1.165) is 30.2 Å². The molecule has 0 radical (unpaired) electrons. The fourth-order valence-corrected chi connectivity index (χ4v) is 3.77. The summed E-state index contributed by atoms with van der Waals surface area (Å²) in [5, 5.41) is 1.39. The Balaban J connectivity index is 1.53. The highest BCUT2D eigenvalue weighted by molar-refractivity contribution is 5.88. The van der Waals surface area contributed by atoms with Gasteiger partial charge in [0.05, 0.1) is 0 Å². The molecular formula is C27H23F3O. The fraction of sp³-hybridized carbons (Fsp3) is 0.185. The first-order valence-electron chi connectivity index (χ1n) is 10.4. The number of halogens is 3. The van der Waals surface area contributed by atoms with Crippen molar-refractivity contribution in [3.8, 4) is 16.9 Å². The molecule has 0 aliphatic carbocycles. The minimum absolute atomic E-state index is 0.0499. The van der Waals surface area contributed by atoms with Crippen molar-refractivity contribution in [2.24, 2.45) is 0 Å². The first kappa shape index (κ1) is 21.0. The molecule has 4 heteroatoms. The van der Waals surface area contributed by atoms with Gasteiger partial charge in [-0.1, -0.05) is 73.7 Å². The summed E-state index contributed by atoms with van der Waals surface area (Å²) in [6.07, 6.45) is 2.85. The van der Waals surface area contributed by atoms with Gasteiger partial charge in [0.25, 0.3) is 0 Å². The smallest absolute Gasteiger partial charge is 0.387 e. The van der Waals surface area contributed by atoms with Crippen molar-refractivity contribution in [3.05, 3.63) is 101 Å². The third-order valence-electron chi connectivity index (χ3n) is 5.54. The molecule has 0 unspecified atom stereocenters. The van der Waals surface area contributed by atoms with Crippen LogP contribution in [-0.2, 0) is 19.3 Å². The fourth-order valence-electron chi connectivity index (χ4n) is 3.77. The lowest BCUT2D eigenvalue weighted by atomic mass is 9.97. The number of hydrogen-bond acceptors (Lipinski definition) is 1. The van der Waals surface area contributed by atoms with Gasteiger partial charge in [0.1, 0.15) is 11.6 Å². The van der Waals surface area contributed by atoms with E-state index in [9.17, 15) is 8.78 Å². The highest BCUT2D eigenvalue weighted by atomic mass is 19.3. The molecule has 4 aromatic carbocycles. The summed E-state index contributed by atoms with van der Waals surface area (Å²) >= 11 is 0. The van der Waals surface area contributed by atoms with E-state index >= 15 is 4.39 Å². The topological polar surface area (TPSA) is 9.23 Å². The SMILES string of the molecule is CCc1ccc(CCc2ccc3c(F)c(-c4ccc(OC(F)F)cc4)ccc3c2)cc1. The van der Waals surface area contributed by atoms with Gasteiger partial charge in [-0.25, -0.2) is 4.39 Å². The number of aryl methyl sites for hydroxylation is 3. The predicted octanol–water partition coefficient (Wildman–Crippen LogP) is 7.59. The van der Waals surface area contributed by atoms with Crippen molar-refractivity contribution in [1.29, 1.82) is 0 Å². The molecule has 158 valence electrons. The minimum atomic E-state index is -2.88. The molecule has 31 heavy (non-hydrogen) atoms. The second kappa shape index (κ2) is 9.25. The third-order valence-corrected chi connectivity index (χ3v) is 5.54. The van der Waals surface area contributed by atoms with Crippen LogP contribution in [0.3, 0.4) is 0 Å². The summed E-state index contributed by atoms with van der Waals surface area (Å²) in [5.74, 6) is -0.268. The van der Waals surface area contributed by atoms with Crippen LogP contribution in [0.1, 0.15) is 23.6 Å². The van der Waals surface area contributed by atoms with Gasteiger partial charge in [-0.3, -0.25) is 0 Å². The molecule has 0 heterocycles. The molecule has 0 aliphatic heterocycles. The summed E-state index contributed by atoms with van der Waals surface area (Å²) in [6.45, 7) is -0.737. The Hall–Kier alpha value is -3.27. The molecule has 0 fully saturated rings. The Labute approximate surface area is 180 Å². The van der Waals surface area contributed by atoms with Gasteiger partial charge in [-0.2, -0.15) is 8.78 Å². The van der Waals surface area contributed by atoms with Gasteiger partial charge in [0.2, 0.25) is 0 Å². The van der Waals surface area contributed by atoms with E-state index < -0.39 is 6.61 Å². The highest BCUT2D eigenvalue weighted by Crippen LogP contribution is 2.31. The Kier molecular flexibility index (Phi) is 6.26. The van der Waals surface area contributed by atoms with Crippen molar-refractivity contribution in [3.63, 3.8) is 0 Å². The molecule has 0 atom stereocenters. The monoisotopic (exact) mass is 420 g/mol. The standard InChI is InChI=1S/C27H23F3O/c1-2-18-3-5-19(6-4-18)7-8-20-9-15-25-22(17-20)12-16-24(26(25)28)21-10-13-23(14-11-21)31-27(29)30/h3-6,9-17,27H,2,7-8H2,1H3. The highest BCUT2D eigenvalue weighted by Gasteiger charge is 2.11. The number of fused-ring (bicyclic) bond motifs is 1. The molecule has 4 rings (SSSR count). The van der Waals surface area contributed by atoms with E-state index in [1.165, 1.54) is 23.3 Å². The van der Waals surface area contributed by atoms with Gasteiger partial charge in [0.15, 0.2) is 0 Å². The molecule has 1 nitrogen and oxygen atoms in total. The Bertz CT molecular complexity index is 1170. The third kappa shape index (κ3) is 4.91. The van der Waals surface area contributed by atoms with E-state index in [2.05, 4.69) is 35.9 Å². The Morgan fingerprint density at radius 3 is 2.06 bits per heavy atom. The van der Waals surface area contributed by atoms with Crippen LogP contribution in [0.2, 0.25) is 0 Å². The summed E-state index contributed by atoms with van der Waals surface area (Å²) in [6, 6.07) is 24.1. The summed E-state index contributed by atoms with van der Waals surface area (Å²) in [7, 11) is 0. The largest absolute Gasteiger partial charge is 0.435 e. The maximum Gasteiger partial charge on any atom is 0.387 e. The maximum atomic E-state index is 15.2. The zero-order valence-electron chi connectivity index (χ0n) is 17.2. The second-order valence-corrected chi connectivity index (χ2v) is 7.56. The number of rotatable bonds is 7. The van der Waals surface area contributed by atoms with Gasteiger partial charge in [-0.05, 0) is 59.0 Å². The lowest BCUT2D eigenvalue weighted by Gasteiger charge is -2.10. The molecule has 0 aliphatic rings. The summed E-state index contributed by atoms with van der Waals surface area (Å²) in [4.78, 5) is 0. The predicted molar refractivity (Wildman–Crippen MR) is 119 cm³/mol. The number of hydrogen-bond donors (Lipinski definition) is 0. The normalized spacial score (nSPS) is 11.3. The number of alkyl halides is 2. The molecule has 4 aromatic rings. The molecular weight excluding hydrogens is 397 g/mol. The van der Waals surface area contributed by atoms with Crippen molar-refractivity contribution in [2.75, 3.05) is 0 Å². The van der Waals surface area contributed by atoms with Crippen molar-refractivity contribution in [2.45, 2.75) is 32.8 Å². The van der Waals surface area contributed by atoms with Gasteiger partial charge in [-0.15, -0.1) is 0 Å². The molecule has 0 bridgehead atoms. The Morgan fingerprint density at radius 1 is 0.742 bits per heavy atom. The average molecular weight is 420 g/mol. The van der Waals surface area contributed by atoms with E-state index in [1.807, 2.05) is 24.3 Å². The van der Waals surface area contributed by atoms with E-state index in [-0.39, 0.29) is 11.6 Å². The van der Waals surface area contributed by atoms with E-state index in [4.69, 9.17) is 0 Å². The minimum Gasteiger partial charge on any atom is -0.435 e. The second-order valence-electron chi connectivity index (χ2n) is 7.56. The molecule has 0 saturated heterocycles.